The van der Waals surface area contributed by atoms with Crippen molar-refractivity contribution in [1.29, 1.82) is 0 Å². The average Bonchev–Trinajstić information content (AvgIpc) is 2.26. The van der Waals surface area contributed by atoms with Crippen LogP contribution in [0.25, 0.3) is 0 Å². The molecule has 4 nitrogen and oxygen atoms in total. The molecule has 2 atom stereocenters. The molecule has 1 aliphatic rings. The Morgan fingerprint density at radius 1 is 1.47 bits per heavy atom. The number of carbonyl (C=O) groups excluding carboxylic acids is 1. The highest BCUT2D eigenvalue weighted by Crippen LogP contribution is 2.23. The summed E-state index contributed by atoms with van der Waals surface area (Å²) in [6.07, 6.45) is 5.32. The third-order valence-electron chi connectivity index (χ3n) is 3.40. The Kier molecular flexibility index (Phi) is 5.40. The Bertz CT molecular complexity index is 248. The lowest BCUT2D eigenvalue weighted by Crippen LogP contribution is -2.40. The molecule has 4 heteroatoms. The number of hydrogen-bond donors (Lipinski definition) is 3. The first-order chi connectivity index (χ1) is 7.90. The third-order valence-corrected chi connectivity index (χ3v) is 3.40. The lowest BCUT2D eigenvalue weighted by molar-refractivity contribution is -0.122. The van der Waals surface area contributed by atoms with E-state index in [0.29, 0.717) is 18.8 Å². The first-order valence-electron chi connectivity index (χ1n) is 6.60. The van der Waals surface area contributed by atoms with Crippen LogP contribution in [0.3, 0.4) is 0 Å². The molecule has 0 aromatic carbocycles. The first-order valence-corrected chi connectivity index (χ1v) is 6.60. The van der Waals surface area contributed by atoms with Crippen molar-refractivity contribution >= 4 is 5.91 Å². The van der Waals surface area contributed by atoms with Crippen LogP contribution in [0.1, 0.15) is 52.4 Å². The normalized spacial score (nSPS) is 25.6. The second-order valence-corrected chi connectivity index (χ2v) is 5.97. The maximum atomic E-state index is 11.7. The van der Waals surface area contributed by atoms with Gasteiger partial charge in [-0.1, -0.05) is 6.42 Å². The molecular weight excluding hydrogens is 216 g/mol. The number of nitrogens with one attached hydrogen (secondary N) is 1. The van der Waals surface area contributed by atoms with Crippen LogP contribution in [0.15, 0.2) is 0 Å². The lowest BCUT2D eigenvalue weighted by atomic mass is 9.86. The summed E-state index contributed by atoms with van der Waals surface area (Å²) in [4.78, 5) is 11.7. The molecule has 1 rings (SSSR count). The van der Waals surface area contributed by atoms with Crippen molar-refractivity contribution in [3.63, 3.8) is 0 Å². The zero-order valence-electron chi connectivity index (χ0n) is 11.0. The van der Waals surface area contributed by atoms with Gasteiger partial charge in [0.2, 0.25) is 5.91 Å². The summed E-state index contributed by atoms with van der Waals surface area (Å²) >= 11 is 0. The Labute approximate surface area is 104 Å². The van der Waals surface area contributed by atoms with E-state index in [4.69, 9.17) is 10.8 Å². The molecule has 0 heterocycles. The van der Waals surface area contributed by atoms with E-state index in [1.165, 1.54) is 0 Å². The standard InChI is InChI=1S/C13H26N2O2/c1-13(2,14)7-6-12(17)15-11-5-3-4-10(8-11)9-16/h10-11,16H,3-9,14H2,1-2H3,(H,15,17). The summed E-state index contributed by atoms with van der Waals surface area (Å²) in [6.45, 7) is 4.10. The molecule has 2 unspecified atom stereocenters. The second-order valence-electron chi connectivity index (χ2n) is 5.97. The van der Waals surface area contributed by atoms with Gasteiger partial charge in [-0.25, -0.2) is 0 Å². The first kappa shape index (κ1) is 14.5. The topological polar surface area (TPSA) is 75.4 Å². The molecule has 100 valence electrons. The highest BCUT2D eigenvalue weighted by Gasteiger charge is 2.23. The van der Waals surface area contributed by atoms with Gasteiger partial charge in [-0.15, -0.1) is 0 Å². The van der Waals surface area contributed by atoms with Crippen LogP contribution in [0.4, 0.5) is 0 Å². The summed E-state index contributed by atoms with van der Waals surface area (Å²) in [7, 11) is 0. The fraction of sp³-hybridized carbons (Fsp3) is 0.923. The van der Waals surface area contributed by atoms with E-state index in [1.807, 2.05) is 13.8 Å². The monoisotopic (exact) mass is 242 g/mol. The highest BCUT2D eigenvalue weighted by atomic mass is 16.3. The Morgan fingerprint density at radius 3 is 2.76 bits per heavy atom. The second kappa shape index (κ2) is 6.36. The van der Waals surface area contributed by atoms with E-state index in [-0.39, 0.29) is 24.1 Å². The molecule has 0 spiro atoms. The number of aliphatic hydroxyl groups excluding tert-OH is 1. The minimum absolute atomic E-state index is 0.0899. The van der Waals surface area contributed by atoms with E-state index in [9.17, 15) is 4.79 Å². The van der Waals surface area contributed by atoms with Crippen LogP contribution in [0.5, 0.6) is 0 Å². The predicted molar refractivity (Wildman–Crippen MR) is 68.5 cm³/mol. The molecule has 0 radical (unpaired) electrons. The zero-order chi connectivity index (χ0) is 12.9. The Hall–Kier alpha value is -0.610. The number of rotatable bonds is 5. The molecule has 0 aromatic heterocycles. The molecule has 0 saturated heterocycles. The number of amides is 1. The van der Waals surface area contributed by atoms with Crippen molar-refractivity contribution in [2.45, 2.75) is 64.0 Å². The van der Waals surface area contributed by atoms with Crippen molar-refractivity contribution in [2.75, 3.05) is 6.61 Å². The van der Waals surface area contributed by atoms with Crippen LogP contribution in [-0.4, -0.2) is 29.2 Å². The molecule has 1 amide bonds. The van der Waals surface area contributed by atoms with Crippen LogP contribution in [-0.2, 0) is 4.79 Å². The molecular formula is C13H26N2O2. The van der Waals surface area contributed by atoms with Gasteiger partial charge in [-0.05, 0) is 45.4 Å². The zero-order valence-corrected chi connectivity index (χ0v) is 11.0. The fourth-order valence-corrected chi connectivity index (χ4v) is 2.32. The van der Waals surface area contributed by atoms with E-state index >= 15 is 0 Å². The maximum absolute atomic E-state index is 11.7. The van der Waals surface area contributed by atoms with Crippen LogP contribution in [0.2, 0.25) is 0 Å². The highest BCUT2D eigenvalue weighted by molar-refractivity contribution is 5.76. The summed E-state index contributed by atoms with van der Waals surface area (Å²) in [5.41, 5.74) is 5.57. The smallest absolute Gasteiger partial charge is 0.220 e. The van der Waals surface area contributed by atoms with E-state index in [0.717, 1.165) is 25.7 Å². The summed E-state index contributed by atoms with van der Waals surface area (Å²) < 4.78 is 0. The summed E-state index contributed by atoms with van der Waals surface area (Å²) in [5, 5.41) is 12.2. The molecule has 17 heavy (non-hydrogen) atoms. The molecule has 0 aliphatic heterocycles. The van der Waals surface area contributed by atoms with Crippen molar-refractivity contribution in [2.24, 2.45) is 11.7 Å². The number of hydrogen-bond acceptors (Lipinski definition) is 3. The van der Waals surface area contributed by atoms with Gasteiger partial charge >= 0.3 is 0 Å². The van der Waals surface area contributed by atoms with Gasteiger partial charge in [0.15, 0.2) is 0 Å². The van der Waals surface area contributed by atoms with Gasteiger partial charge in [0.05, 0.1) is 0 Å². The average molecular weight is 242 g/mol. The van der Waals surface area contributed by atoms with Gasteiger partial charge in [-0.2, -0.15) is 0 Å². The van der Waals surface area contributed by atoms with Crippen LogP contribution in [0, 0.1) is 5.92 Å². The largest absolute Gasteiger partial charge is 0.396 e. The number of carbonyl (C=O) groups is 1. The molecule has 0 aromatic rings. The quantitative estimate of drug-likeness (QED) is 0.677. The van der Waals surface area contributed by atoms with Crippen LogP contribution >= 0.6 is 0 Å². The van der Waals surface area contributed by atoms with E-state index in [2.05, 4.69) is 5.32 Å². The van der Waals surface area contributed by atoms with Crippen molar-refractivity contribution < 1.29 is 9.90 Å². The van der Waals surface area contributed by atoms with Crippen molar-refractivity contribution in [1.82, 2.24) is 5.32 Å². The van der Waals surface area contributed by atoms with Gasteiger partial charge in [0.1, 0.15) is 0 Å². The Morgan fingerprint density at radius 2 is 2.18 bits per heavy atom. The minimum atomic E-state index is -0.280. The number of nitrogens with two attached hydrogens (primary N) is 1. The third kappa shape index (κ3) is 6.03. The maximum Gasteiger partial charge on any atom is 0.220 e. The molecule has 1 aliphatic carbocycles. The predicted octanol–water partition coefficient (Wildman–Crippen LogP) is 1.17. The summed E-state index contributed by atoms with van der Waals surface area (Å²) in [6, 6.07) is 0.245. The SMILES string of the molecule is CC(C)(N)CCC(=O)NC1CCCC(CO)C1. The van der Waals surface area contributed by atoms with Gasteiger partial charge < -0.3 is 16.2 Å². The van der Waals surface area contributed by atoms with E-state index in [1.54, 1.807) is 0 Å². The Balaban J connectivity index is 2.26. The molecule has 1 saturated carbocycles. The number of aliphatic hydroxyl groups is 1. The molecule has 1 fully saturated rings. The van der Waals surface area contributed by atoms with Gasteiger partial charge in [0.25, 0.3) is 0 Å². The van der Waals surface area contributed by atoms with Gasteiger partial charge in [0, 0.05) is 24.6 Å². The lowest BCUT2D eigenvalue weighted by Gasteiger charge is -2.29. The fourth-order valence-electron chi connectivity index (χ4n) is 2.32. The van der Waals surface area contributed by atoms with Crippen molar-refractivity contribution in [3.8, 4) is 0 Å². The van der Waals surface area contributed by atoms with Crippen LogP contribution < -0.4 is 11.1 Å². The van der Waals surface area contributed by atoms with E-state index < -0.39 is 0 Å². The summed E-state index contributed by atoms with van der Waals surface area (Å²) in [5.74, 6) is 0.451. The van der Waals surface area contributed by atoms with Crippen molar-refractivity contribution in [3.05, 3.63) is 0 Å². The van der Waals surface area contributed by atoms with Gasteiger partial charge in [-0.3, -0.25) is 4.79 Å². The minimum Gasteiger partial charge on any atom is -0.396 e. The molecule has 4 N–H and O–H groups in total. The molecule has 0 bridgehead atoms.